The lowest BCUT2D eigenvalue weighted by Gasteiger charge is -1.98. The number of aryl methyl sites for hydroxylation is 2. The highest BCUT2D eigenvalue weighted by molar-refractivity contribution is 7.14. The van der Waals surface area contributed by atoms with Crippen LogP contribution in [0.2, 0.25) is 0 Å². The highest BCUT2D eigenvalue weighted by Crippen LogP contribution is 2.21. The van der Waals surface area contributed by atoms with Crippen molar-refractivity contribution in [1.29, 1.82) is 0 Å². The molecule has 2 rings (SSSR count). The summed E-state index contributed by atoms with van der Waals surface area (Å²) in [7, 11) is 0. The minimum Gasteiger partial charge on any atom is -0.306 e. The summed E-state index contributed by atoms with van der Waals surface area (Å²) >= 11 is 1.50. The molecule has 0 spiro atoms. The molecule has 0 atom stereocenters. The van der Waals surface area contributed by atoms with Gasteiger partial charge in [-0.1, -0.05) is 0 Å². The van der Waals surface area contributed by atoms with Crippen LogP contribution < -0.4 is 5.32 Å². The van der Waals surface area contributed by atoms with Crippen LogP contribution in [-0.2, 0) is 0 Å². The van der Waals surface area contributed by atoms with Crippen molar-refractivity contribution in [2.24, 2.45) is 0 Å². The standard InChI is InChI=1S/C10H11N3OS/c1-6-5-8(15-7(6)2)10(14)12-9-3-4-11-13-9/h3-5H,1-2H3,(H2,11,12,13,14). The zero-order chi connectivity index (χ0) is 10.8. The number of thiophene rings is 1. The topological polar surface area (TPSA) is 57.8 Å². The Balaban J connectivity index is 2.15. The van der Waals surface area contributed by atoms with E-state index in [1.54, 1.807) is 12.3 Å². The monoisotopic (exact) mass is 221 g/mol. The Bertz CT molecular complexity index is 453. The molecule has 0 aliphatic carbocycles. The minimum absolute atomic E-state index is 0.0968. The SMILES string of the molecule is Cc1cc(C(=O)Nc2ccn[nH]2)sc1C. The summed E-state index contributed by atoms with van der Waals surface area (Å²) in [6.07, 6.45) is 1.60. The normalized spacial score (nSPS) is 10.3. The van der Waals surface area contributed by atoms with Gasteiger partial charge in [-0.05, 0) is 25.5 Å². The quantitative estimate of drug-likeness (QED) is 0.817. The van der Waals surface area contributed by atoms with Gasteiger partial charge in [-0.25, -0.2) is 0 Å². The van der Waals surface area contributed by atoms with Crippen molar-refractivity contribution in [1.82, 2.24) is 10.2 Å². The van der Waals surface area contributed by atoms with Crippen LogP contribution in [0.25, 0.3) is 0 Å². The molecule has 0 aliphatic heterocycles. The van der Waals surface area contributed by atoms with Crippen LogP contribution in [0.4, 0.5) is 5.82 Å². The second-order valence-corrected chi connectivity index (χ2v) is 4.53. The fourth-order valence-electron chi connectivity index (χ4n) is 1.19. The Kier molecular flexibility index (Phi) is 2.55. The van der Waals surface area contributed by atoms with Crippen LogP contribution >= 0.6 is 11.3 Å². The molecule has 15 heavy (non-hydrogen) atoms. The van der Waals surface area contributed by atoms with Gasteiger partial charge in [-0.3, -0.25) is 9.89 Å². The third-order valence-electron chi connectivity index (χ3n) is 2.14. The van der Waals surface area contributed by atoms with Crippen molar-refractivity contribution in [2.45, 2.75) is 13.8 Å². The fraction of sp³-hybridized carbons (Fsp3) is 0.200. The molecule has 2 heterocycles. The van der Waals surface area contributed by atoms with Crippen LogP contribution in [-0.4, -0.2) is 16.1 Å². The molecular formula is C10H11N3OS. The van der Waals surface area contributed by atoms with Crippen molar-refractivity contribution in [3.63, 3.8) is 0 Å². The Morgan fingerprint density at radius 2 is 2.33 bits per heavy atom. The molecule has 2 aromatic heterocycles. The molecule has 4 nitrogen and oxygen atoms in total. The van der Waals surface area contributed by atoms with Crippen molar-refractivity contribution < 1.29 is 4.79 Å². The summed E-state index contributed by atoms with van der Waals surface area (Å²) in [5, 5.41) is 9.17. The van der Waals surface area contributed by atoms with E-state index in [1.165, 1.54) is 16.2 Å². The molecule has 78 valence electrons. The van der Waals surface area contributed by atoms with E-state index in [4.69, 9.17) is 0 Å². The van der Waals surface area contributed by atoms with E-state index in [9.17, 15) is 4.79 Å². The number of anilines is 1. The molecule has 0 radical (unpaired) electrons. The van der Waals surface area contributed by atoms with E-state index in [0.29, 0.717) is 5.82 Å². The highest BCUT2D eigenvalue weighted by Gasteiger charge is 2.10. The predicted octanol–water partition coefficient (Wildman–Crippen LogP) is 2.34. The number of hydrogen-bond acceptors (Lipinski definition) is 3. The van der Waals surface area contributed by atoms with E-state index >= 15 is 0 Å². The van der Waals surface area contributed by atoms with Crippen molar-refractivity contribution >= 4 is 23.1 Å². The number of rotatable bonds is 2. The highest BCUT2D eigenvalue weighted by atomic mass is 32.1. The molecule has 0 unspecified atom stereocenters. The van der Waals surface area contributed by atoms with Gasteiger partial charge in [0.1, 0.15) is 5.82 Å². The summed E-state index contributed by atoms with van der Waals surface area (Å²) in [4.78, 5) is 13.6. The number of aromatic amines is 1. The van der Waals surface area contributed by atoms with E-state index in [0.717, 1.165) is 10.4 Å². The van der Waals surface area contributed by atoms with Crippen LogP contribution in [0, 0.1) is 13.8 Å². The van der Waals surface area contributed by atoms with Gasteiger partial charge in [-0.2, -0.15) is 5.10 Å². The van der Waals surface area contributed by atoms with Gasteiger partial charge in [-0.15, -0.1) is 11.3 Å². The van der Waals surface area contributed by atoms with Crippen LogP contribution in [0.5, 0.6) is 0 Å². The maximum absolute atomic E-state index is 11.7. The first kappa shape index (κ1) is 9.92. The molecule has 5 heteroatoms. The van der Waals surface area contributed by atoms with Gasteiger partial charge < -0.3 is 5.32 Å². The van der Waals surface area contributed by atoms with Gasteiger partial charge in [0.15, 0.2) is 0 Å². The number of nitrogens with one attached hydrogen (secondary N) is 2. The summed E-state index contributed by atoms with van der Waals surface area (Å²) < 4.78 is 0. The first-order chi connectivity index (χ1) is 7.16. The maximum Gasteiger partial charge on any atom is 0.266 e. The minimum atomic E-state index is -0.0968. The van der Waals surface area contributed by atoms with E-state index < -0.39 is 0 Å². The summed E-state index contributed by atoms with van der Waals surface area (Å²) in [5.41, 5.74) is 1.15. The molecule has 0 aliphatic rings. The average molecular weight is 221 g/mol. The fourth-order valence-corrected chi connectivity index (χ4v) is 2.12. The van der Waals surface area contributed by atoms with E-state index in [1.807, 2.05) is 19.9 Å². The van der Waals surface area contributed by atoms with Gasteiger partial charge in [0.2, 0.25) is 0 Å². The molecule has 2 aromatic rings. The number of aromatic nitrogens is 2. The average Bonchev–Trinajstić information content (AvgIpc) is 2.78. The van der Waals surface area contributed by atoms with Crippen LogP contribution in [0.1, 0.15) is 20.1 Å². The van der Waals surface area contributed by atoms with Crippen LogP contribution in [0.15, 0.2) is 18.3 Å². The smallest absolute Gasteiger partial charge is 0.266 e. The van der Waals surface area contributed by atoms with Gasteiger partial charge >= 0.3 is 0 Å². The maximum atomic E-state index is 11.7. The Labute approximate surface area is 91.3 Å². The Hall–Kier alpha value is -1.62. The largest absolute Gasteiger partial charge is 0.306 e. The summed E-state index contributed by atoms with van der Waals surface area (Å²) in [6, 6.07) is 3.61. The first-order valence-electron chi connectivity index (χ1n) is 4.54. The number of nitrogens with zero attached hydrogens (tertiary/aromatic N) is 1. The second-order valence-electron chi connectivity index (χ2n) is 3.27. The molecule has 2 N–H and O–H groups in total. The van der Waals surface area contributed by atoms with Gasteiger partial charge in [0.25, 0.3) is 5.91 Å². The molecule has 0 saturated carbocycles. The van der Waals surface area contributed by atoms with Crippen molar-refractivity contribution in [2.75, 3.05) is 5.32 Å². The Morgan fingerprint density at radius 3 is 2.87 bits per heavy atom. The number of carbonyl (C=O) groups is 1. The van der Waals surface area contributed by atoms with Gasteiger partial charge in [0.05, 0.1) is 11.1 Å². The van der Waals surface area contributed by atoms with Crippen molar-refractivity contribution in [3.05, 3.63) is 33.6 Å². The number of hydrogen-bond donors (Lipinski definition) is 2. The zero-order valence-electron chi connectivity index (χ0n) is 8.50. The summed E-state index contributed by atoms with van der Waals surface area (Å²) in [5.74, 6) is 0.518. The molecule has 0 aromatic carbocycles. The lowest BCUT2D eigenvalue weighted by molar-refractivity contribution is 0.103. The third-order valence-corrected chi connectivity index (χ3v) is 3.29. The van der Waals surface area contributed by atoms with E-state index in [-0.39, 0.29) is 5.91 Å². The molecule has 1 amide bonds. The lowest BCUT2D eigenvalue weighted by atomic mass is 10.3. The zero-order valence-corrected chi connectivity index (χ0v) is 9.31. The van der Waals surface area contributed by atoms with Gasteiger partial charge in [0, 0.05) is 10.9 Å². The third kappa shape index (κ3) is 2.07. The Morgan fingerprint density at radius 1 is 1.53 bits per heavy atom. The second kappa shape index (κ2) is 3.86. The summed E-state index contributed by atoms with van der Waals surface area (Å²) in [6.45, 7) is 4.01. The van der Waals surface area contributed by atoms with E-state index in [2.05, 4.69) is 15.5 Å². The number of H-pyrrole nitrogens is 1. The first-order valence-corrected chi connectivity index (χ1v) is 5.36. The lowest BCUT2D eigenvalue weighted by Crippen LogP contribution is -2.10. The molecule has 0 bridgehead atoms. The predicted molar refractivity (Wildman–Crippen MR) is 60.3 cm³/mol. The van der Waals surface area contributed by atoms with Crippen molar-refractivity contribution in [3.8, 4) is 0 Å². The number of carbonyl (C=O) groups excluding carboxylic acids is 1. The molecule has 0 saturated heterocycles. The number of amides is 1. The molecular weight excluding hydrogens is 210 g/mol. The molecule has 0 fully saturated rings. The van der Waals surface area contributed by atoms with Crippen LogP contribution in [0.3, 0.4) is 0 Å².